The quantitative estimate of drug-likeness (QED) is 0.826. The molecule has 5 heteroatoms. The zero-order valence-electron chi connectivity index (χ0n) is 9.65. The van der Waals surface area contributed by atoms with Crippen molar-refractivity contribution in [3.8, 4) is 5.75 Å². The molecule has 1 heterocycles. The van der Waals surface area contributed by atoms with E-state index in [0.29, 0.717) is 13.1 Å². The number of nitrogens with zero attached hydrogens (tertiary/aromatic N) is 1. The summed E-state index contributed by atoms with van der Waals surface area (Å²) in [6.07, 6.45) is -0.0398. The van der Waals surface area contributed by atoms with Gasteiger partial charge in [-0.15, -0.1) is 11.6 Å². The summed E-state index contributed by atoms with van der Waals surface area (Å²) < 4.78 is 5.80. The van der Waals surface area contributed by atoms with Crippen LogP contribution >= 0.6 is 11.6 Å². The number of anilines is 1. The molecule has 1 unspecified atom stereocenters. The van der Waals surface area contributed by atoms with E-state index in [9.17, 15) is 4.79 Å². The third-order valence-electron chi connectivity index (χ3n) is 2.68. The van der Waals surface area contributed by atoms with E-state index in [1.54, 1.807) is 4.90 Å². The van der Waals surface area contributed by atoms with E-state index in [4.69, 9.17) is 16.3 Å². The minimum Gasteiger partial charge on any atom is -0.485 e. The Morgan fingerprint density at radius 3 is 3.06 bits per heavy atom. The minimum absolute atomic E-state index is 0.0133. The number of likely N-dealkylation sites (N-methyl/N-ethyl adjacent to an activating group) is 1. The zero-order chi connectivity index (χ0) is 12.3. The van der Waals surface area contributed by atoms with Gasteiger partial charge in [0.25, 0.3) is 0 Å². The maximum absolute atomic E-state index is 11.8. The number of amides is 1. The molecule has 1 aliphatic heterocycles. The van der Waals surface area contributed by atoms with Crippen LogP contribution in [0.5, 0.6) is 5.75 Å². The van der Waals surface area contributed by atoms with Crippen molar-refractivity contribution in [3.05, 3.63) is 24.3 Å². The average Bonchev–Trinajstić information content (AvgIpc) is 2.37. The molecule has 0 aliphatic carbocycles. The number of carbonyl (C=O) groups excluding carboxylic acids is 1. The molecule has 92 valence electrons. The standard InChI is InChI=1S/C12H15ClN2O2/c1-14-7-9-8-15(12(16)6-13)10-4-2-3-5-11(10)17-9/h2-5,9,14H,6-8H2,1H3. The van der Waals surface area contributed by atoms with E-state index in [1.165, 1.54) is 0 Å². The highest BCUT2D eigenvalue weighted by Crippen LogP contribution is 2.32. The number of alkyl halides is 1. The van der Waals surface area contributed by atoms with Crippen LogP contribution in [-0.4, -0.2) is 38.0 Å². The molecule has 1 aliphatic rings. The fraction of sp³-hybridized carbons (Fsp3) is 0.417. The van der Waals surface area contributed by atoms with Gasteiger partial charge in [-0.1, -0.05) is 12.1 Å². The lowest BCUT2D eigenvalue weighted by atomic mass is 10.2. The van der Waals surface area contributed by atoms with Gasteiger partial charge in [-0.2, -0.15) is 0 Å². The van der Waals surface area contributed by atoms with Crippen LogP contribution in [0.1, 0.15) is 0 Å². The van der Waals surface area contributed by atoms with Gasteiger partial charge in [0.2, 0.25) is 5.91 Å². The Kier molecular flexibility index (Phi) is 3.86. The van der Waals surface area contributed by atoms with Gasteiger partial charge in [0, 0.05) is 6.54 Å². The van der Waals surface area contributed by atoms with Crippen LogP contribution in [0.4, 0.5) is 5.69 Å². The number of halogens is 1. The molecule has 0 fully saturated rings. The van der Waals surface area contributed by atoms with Gasteiger partial charge < -0.3 is 15.0 Å². The number of fused-ring (bicyclic) bond motifs is 1. The van der Waals surface area contributed by atoms with Gasteiger partial charge >= 0.3 is 0 Å². The van der Waals surface area contributed by atoms with Gasteiger partial charge in [-0.3, -0.25) is 4.79 Å². The smallest absolute Gasteiger partial charge is 0.242 e. The van der Waals surface area contributed by atoms with Gasteiger partial charge in [-0.05, 0) is 19.2 Å². The number of nitrogens with one attached hydrogen (secondary N) is 1. The fourth-order valence-electron chi connectivity index (χ4n) is 1.94. The lowest BCUT2D eigenvalue weighted by molar-refractivity contribution is -0.116. The van der Waals surface area contributed by atoms with Crippen molar-refractivity contribution in [3.63, 3.8) is 0 Å². The summed E-state index contributed by atoms with van der Waals surface area (Å²) in [7, 11) is 1.86. The summed E-state index contributed by atoms with van der Waals surface area (Å²) in [6, 6.07) is 7.51. The Morgan fingerprint density at radius 2 is 2.35 bits per heavy atom. The molecular weight excluding hydrogens is 240 g/mol. The lowest BCUT2D eigenvalue weighted by Crippen LogP contribution is -2.47. The number of ether oxygens (including phenoxy) is 1. The Balaban J connectivity index is 2.29. The zero-order valence-corrected chi connectivity index (χ0v) is 10.4. The van der Waals surface area contributed by atoms with Crippen molar-refractivity contribution >= 4 is 23.2 Å². The average molecular weight is 255 g/mol. The number of benzene rings is 1. The largest absolute Gasteiger partial charge is 0.485 e. The van der Waals surface area contributed by atoms with Crippen LogP contribution in [0, 0.1) is 0 Å². The highest BCUT2D eigenvalue weighted by molar-refractivity contribution is 6.29. The highest BCUT2D eigenvalue weighted by atomic mass is 35.5. The summed E-state index contributed by atoms with van der Waals surface area (Å²) in [5, 5.41) is 3.05. The molecule has 0 saturated heterocycles. The predicted molar refractivity (Wildman–Crippen MR) is 67.9 cm³/mol. The Labute approximate surface area is 106 Å². The molecule has 0 saturated carbocycles. The summed E-state index contributed by atoms with van der Waals surface area (Å²) in [5.74, 6) is 0.627. The first kappa shape index (κ1) is 12.2. The maximum atomic E-state index is 11.8. The predicted octanol–water partition coefficient (Wildman–Crippen LogP) is 1.24. The van der Waals surface area contributed by atoms with E-state index in [-0.39, 0.29) is 17.9 Å². The second kappa shape index (κ2) is 5.38. The van der Waals surface area contributed by atoms with Crippen LogP contribution < -0.4 is 15.0 Å². The van der Waals surface area contributed by atoms with Gasteiger partial charge in [0.05, 0.1) is 12.2 Å². The molecule has 2 rings (SSSR count). The van der Waals surface area contributed by atoms with Crippen LogP contribution in [0.3, 0.4) is 0 Å². The number of para-hydroxylation sites is 2. The van der Waals surface area contributed by atoms with Crippen molar-refractivity contribution in [2.75, 3.05) is 30.9 Å². The first-order valence-corrected chi connectivity index (χ1v) is 6.06. The molecule has 1 amide bonds. The van der Waals surface area contributed by atoms with Crippen LogP contribution in [0.2, 0.25) is 0 Å². The molecular formula is C12H15ClN2O2. The SMILES string of the molecule is CNCC1CN(C(=O)CCl)c2ccccc2O1. The Hall–Kier alpha value is -1.26. The number of carbonyl (C=O) groups is 1. The lowest BCUT2D eigenvalue weighted by Gasteiger charge is -2.34. The maximum Gasteiger partial charge on any atom is 0.242 e. The molecule has 17 heavy (non-hydrogen) atoms. The molecule has 0 radical (unpaired) electrons. The summed E-state index contributed by atoms with van der Waals surface area (Å²) in [6.45, 7) is 1.23. The second-order valence-corrected chi connectivity index (χ2v) is 4.17. The van der Waals surface area contributed by atoms with E-state index < -0.39 is 0 Å². The van der Waals surface area contributed by atoms with E-state index in [2.05, 4.69) is 5.32 Å². The monoisotopic (exact) mass is 254 g/mol. The summed E-state index contributed by atoms with van der Waals surface area (Å²) >= 11 is 5.63. The third kappa shape index (κ3) is 2.53. The normalized spacial score (nSPS) is 18.5. The molecule has 1 N–H and O–H groups in total. The van der Waals surface area contributed by atoms with Crippen molar-refractivity contribution in [2.24, 2.45) is 0 Å². The number of rotatable bonds is 3. The van der Waals surface area contributed by atoms with Gasteiger partial charge in [-0.25, -0.2) is 0 Å². The third-order valence-corrected chi connectivity index (χ3v) is 2.91. The summed E-state index contributed by atoms with van der Waals surface area (Å²) in [5.41, 5.74) is 0.797. The van der Waals surface area contributed by atoms with Crippen LogP contribution in [-0.2, 0) is 4.79 Å². The molecule has 1 aromatic carbocycles. The van der Waals surface area contributed by atoms with E-state index in [0.717, 1.165) is 11.4 Å². The molecule has 0 aromatic heterocycles. The van der Waals surface area contributed by atoms with Gasteiger partial charge in [0.15, 0.2) is 0 Å². The molecule has 1 atom stereocenters. The van der Waals surface area contributed by atoms with Crippen molar-refractivity contribution in [1.29, 1.82) is 0 Å². The first-order chi connectivity index (χ1) is 8.26. The van der Waals surface area contributed by atoms with Crippen molar-refractivity contribution < 1.29 is 9.53 Å². The number of hydrogen-bond donors (Lipinski definition) is 1. The molecule has 4 nitrogen and oxygen atoms in total. The number of hydrogen-bond acceptors (Lipinski definition) is 3. The molecule has 0 spiro atoms. The van der Waals surface area contributed by atoms with Gasteiger partial charge in [0.1, 0.15) is 17.7 Å². The minimum atomic E-state index is -0.0940. The highest BCUT2D eigenvalue weighted by Gasteiger charge is 2.28. The molecule has 1 aromatic rings. The molecule has 0 bridgehead atoms. The van der Waals surface area contributed by atoms with Crippen LogP contribution in [0.25, 0.3) is 0 Å². The summed E-state index contributed by atoms with van der Waals surface area (Å²) in [4.78, 5) is 13.5. The van der Waals surface area contributed by atoms with E-state index in [1.807, 2.05) is 31.3 Å². The van der Waals surface area contributed by atoms with Crippen molar-refractivity contribution in [1.82, 2.24) is 5.32 Å². The van der Waals surface area contributed by atoms with Crippen LogP contribution in [0.15, 0.2) is 24.3 Å². The Bertz CT molecular complexity index is 411. The first-order valence-electron chi connectivity index (χ1n) is 5.53. The van der Waals surface area contributed by atoms with E-state index >= 15 is 0 Å². The topological polar surface area (TPSA) is 41.6 Å². The Morgan fingerprint density at radius 1 is 1.59 bits per heavy atom. The van der Waals surface area contributed by atoms with Crippen molar-refractivity contribution in [2.45, 2.75) is 6.10 Å². The fourth-order valence-corrected chi connectivity index (χ4v) is 2.09. The second-order valence-electron chi connectivity index (χ2n) is 3.90.